The lowest BCUT2D eigenvalue weighted by Gasteiger charge is -2.09. The van der Waals surface area contributed by atoms with Crippen LogP contribution in [0, 0.1) is 0 Å². The fourth-order valence-electron chi connectivity index (χ4n) is 2.69. The molecular weight excluding hydrogens is 477 g/mol. The summed E-state index contributed by atoms with van der Waals surface area (Å²) < 4.78 is 4.96. The van der Waals surface area contributed by atoms with Gasteiger partial charge in [0.15, 0.2) is 0 Å². The first kappa shape index (κ1) is 23.5. The van der Waals surface area contributed by atoms with Gasteiger partial charge in [-0.15, -0.1) is 0 Å². The number of esters is 1. The number of anilines is 1. The molecular formula is C23H18Cl3NO3S. The van der Waals surface area contributed by atoms with E-state index in [1.54, 1.807) is 37.3 Å². The van der Waals surface area contributed by atoms with Gasteiger partial charge in [0, 0.05) is 21.0 Å². The number of carbonyl (C=O) groups is 2. The highest BCUT2D eigenvalue weighted by molar-refractivity contribution is 7.99. The van der Waals surface area contributed by atoms with Crippen molar-refractivity contribution >= 4 is 64.1 Å². The van der Waals surface area contributed by atoms with Crippen molar-refractivity contribution in [3.05, 3.63) is 86.9 Å². The number of nitrogens with one attached hydrogen (secondary N) is 1. The molecule has 1 amide bonds. The average molecular weight is 495 g/mol. The fraction of sp³-hybridized carbons (Fsp3) is 0.130. The summed E-state index contributed by atoms with van der Waals surface area (Å²) in [5.41, 5.74) is 1.87. The van der Waals surface area contributed by atoms with Crippen molar-refractivity contribution in [2.75, 3.05) is 11.9 Å². The van der Waals surface area contributed by atoms with Crippen LogP contribution < -0.4 is 5.32 Å². The van der Waals surface area contributed by atoms with Crippen LogP contribution in [0.5, 0.6) is 0 Å². The second-order valence-corrected chi connectivity index (χ2v) is 8.79. The van der Waals surface area contributed by atoms with E-state index in [1.165, 1.54) is 17.8 Å². The van der Waals surface area contributed by atoms with E-state index in [1.807, 2.05) is 24.3 Å². The Balaban J connectivity index is 1.63. The second kappa shape index (κ2) is 10.9. The number of hydrogen-bond donors (Lipinski definition) is 1. The summed E-state index contributed by atoms with van der Waals surface area (Å²) in [6.07, 6.45) is 0.186. The van der Waals surface area contributed by atoms with Gasteiger partial charge in [-0.3, -0.25) is 9.59 Å². The first-order valence-corrected chi connectivity index (χ1v) is 11.3. The molecule has 3 rings (SSSR count). The predicted molar refractivity (Wildman–Crippen MR) is 127 cm³/mol. The largest absolute Gasteiger partial charge is 0.466 e. The van der Waals surface area contributed by atoms with Gasteiger partial charge < -0.3 is 10.1 Å². The highest BCUT2D eigenvalue weighted by Crippen LogP contribution is 2.34. The van der Waals surface area contributed by atoms with Crippen LogP contribution in [0.2, 0.25) is 15.1 Å². The van der Waals surface area contributed by atoms with E-state index in [0.717, 1.165) is 15.4 Å². The highest BCUT2D eigenvalue weighted by Gasteiger charge is 2.10. The Morgan fingerprint density at radius 1 is 0.903 bits per heavy atom. The molecule has 31 heavy (non-hydrogen) atoms. The molecule has 0 aliphatic heterocycles. The number of ether oxygens (including phenoxy) is 1. The summed E-state index contributed by atoms with van der Waals surface area (Å²) in [6, 6.07) is 17.6. The van der Waals surface area contributed by atoms with E-state index in [9.17, 15) is 9.59 Å². The van der Waals surface area contributed by atoms with Crippen LogP contribution >= 0.6 is 46.6 Å². The molecule has 0 bridgehead atoms. The van der Waals surface area contributed by atoms with Crippen molar-refractivity contribution < 1.29 is 14.3 Å². The summed E-state index contributed by atoms with van der Waals surface area (Å²) in [6.45, 7) is 2.12. The van der Waals surface area contributed by atoms with Gasteiger partial charge in [0.1, 0.15) is 0 Å². The molecule has 0 aromatic heterocycles. The summed E-state index contributed by atoms with van der Waals surface area (Å²) in [5.74, 6) is -0.559. The zero-order valence-electron chi connectivity index (χ0n) is 16.5. The third kappa shape index (κ3) is 6.65. The molecule has 8 heteroatoms. The van der Waals surface area contributed by atoms with Crippen LogP contribution in [0.15, 0.2) is 70.5 Å². The third-order valence-electron chi connectivity index (χ3n) is 4.17. The SMILES string of the molecule is CCOC(=O)Cc1ccc(Sc2ccc(NC(=O)c3ccc(Cl)c(Cl)c3)cc2)c(Cl)c1. The van der Waals surface area contributed by atoms with Gasteiger partial charge in [0.2, 0.25) is 0 Å². The van der Waals surface area contributed by atoms with Gasteiger partial charge in [-0.1, -0.05) is 52.6 Å². The van der Waals surface area contributed by atoms with Crippen molar-refractivity contribution in [2.24, 2.45) is 0 Å². The van der Waals surface area contributed by atoms with E-state index >= 15 is 0 Å². The van der Waals surface area contributed by atoms with Gasteiger partial charge in [0.25, 0.3) is 5.91 Å². The van der Waals surface area contributed by atoms with Crippen LogP contribution in [0.1, 0.15) is 22.8 Å². The van der Waals surface area contributed by atoms with E-state index in [-0.39, 0.29) is 18.3 Å². The monoisotopic (exact) mass is 493 g/mol. The van der Waals surface area contributed by atoms with Crippen molar-refractivity contribution in [1.82, 2.24) is 0 Å². The van der Waals surface area contributed by atoms with E-state index in [0.29, 0.717) is 32.9 Å². The number of amides is 1. The zero-order chi connectivity index (χ0) is 22.4. The molecule has 3 aromatic carbocycles. The molecule has 0 atom stereocenters. The van der Waals surface area contributed by atoms with Gasteiger partial charge in [-0.05, 0) is 67.1 Å². The molecule has 1 N–H and O–H groups in total. The number of hydrogen-bond acceptors (Lipinski definition) is 4. The first-order chi connectivity index (χ1) is 14.9. The second-order valence-electron chi connectivity index (χ2n) is 6.46. The number of halogens is 3. The Hall–Kier alpha value is -2.18. The number of carbonyl (C=O) groups excluding carboxylic acids is 2. The van der Waals surface area contributed by atoms with Crippen molar-refractivity contribution in [2.45, 2.75) is 23.1 Å². The Morgan fingerprint density at radius 2 is 1.65 bits per heavy atom. The molecule has 0 aliphatic carbocycles. The molecule has 0 unspecified atom stereocenters. The lowest BCUT2D eigenvalue weighted by atomic mass is 10.1. The number of rotatable bonds is 7. The Morgan fingerprint density at radius 3 is 2.29 bits per heavy atom. The quantitative estimate of drug-likeness (QED) is 0.354. The topological polar surface area (TPSA) is 55.4 Å². The summed E-state index contributed by atoms with van der Waals surface area (Å²) in [4.78, 5) is 25.8. The summed E-state index contributed by atoms with van der Waals surface area (Å²) in [5, 5.41) is 4.10. The maximum atomic E-state index is 12.4. The van der Waals surface area contributed by atoms with E-state index in [2.05, 4.69) is 5.32 Å². The smallest absolute Gasteiger partial charge is 0.310 e. The van der Waals surface area contributed by atoms with Crippen LogP contribution in [-0.2, 0) is 16.0 Å². The maximum Gasteiger partial charge on any atom is 0.310 e. The van der Waals surface area contributed by atoms with E-state index < -0.39 is 0 Å². The fourth-order valence-corrected chi connectivity index (χ4v) is 4.13. The minimum atomic E-state index is -0.280. The first-order valence-electron chi connectivity index (χ1n) is 9.34. The molecule has 0 saturated carbocycles. The van der Waals surface area contributed by atoms with Gasteiger partial charge in [-0.2, -0.15) is 0 Å². The Kier molecular flexibility index (Phi) is 8.27. The van der Waals surface area contributed by atoms with Crippen molar-refractivity contribution in [1.29, 1.82) is 0 Å². The lowest BCUT2D eigenvalue weighted by molar-refractivity contribution is -0.142. The minimum Gasteiger partial charge on any atom is -0.466 e. The van der Waals surface area contributed by atoms with Gasteiger partial charge in [-0.25, -0.2) is 0 Å². The molecule has 0 spiro atoms. The molecule has 0 radical (unpaired) electrons. The standard InChI is InChI=1S/C23H18Cl3NO3S/c1-2-30-22(28)12-14-3-10-21(20(26)11-14)31-17-7-5-16(6-8-17)27-23(29)15-4-9-18(24)19(25)13-15/h3-11,13H,2,12H2,1H3,(H,27,29). The normalized spacial score (nSPS) is 10.6. The third-order valence-corrected chi connectivity index (χ3v) is 6.42. The van der Waals surface area contributed by atoms with Crippen LogP contribution in [0.3, 0.4) is 0 Å². The van der Waals surface area contributed by atoms with Gasteiger partial charge >= 0.3 is 5.97 Å². The summed E-state index contributed by atoms with van der Waals surface area (Å²) in [7, 11) is 0. The molecule has 0 saturated heterocycles. The molecule has 3 aromatic rings. The van der Waals surface area contributed by atoms with Crippen molar-refractivity contribution in [3.63, 3.8) is 0 Å². The molecule has 0 aliphatic rings. The molecule has 0 heterocycles. The van der Waals surface area contributed by atoms with Crippen LogP contribution in [0.4, 0.5) is 5.69 Å². The maximum absolute atomic E-state index is 12.4. The minimum absolute atomic E-state index is 0.186. The summed E-state index contributed by atoms with van der Waals surface area (Å²) >= 11 is 19.7. The van der Waals surface area contributed by atoms with Crippen molar-refractivity contribution in [3.8, 4) is 0 Å². The zero-order valence-corrected chi connectivity index (χ0v) is 19.5. The predicted octanol–water partition coefficient (Wildman–Crippen LogP) is 7.16. The van der Waals surface area contributed by atoms with Gasteiger partial charge in [0.05, 0.1) is 28.1 Å². The molecule has 0 fully saturated rings. The van der Waals surface area contributed by atoms with E-state index in [4.69, 9.17) is 39.5 Å². The molecule has 4 nitrogen and oxygen atoms in total. The molecule has 160 valence electrons. The Bertz CT molecular complexity index is 1100. The lowest BCUT2D eigenvalue weighted by Crippen LogP contribution is -2.11. The van der Waals surface area contributed by atoms with Crippen LogP contribution in [0.25, 0.3) is 0 Å². The average Bonchev–Trinajstić information content (AvgIpc) is 2.73. The Labute approximate surface area is 199 Å². The number of benzene rings is 3. The van der Waals surface area contributed by atoms with Crippen LogP contribution in [-0.4, -0.2) is 18.5 Å². The highest BCUT2D eigenvalue weighted by atomic mass is 35.5.